The fraction of sp³-hybridized carbons (Fsp3) is 0.0526. The van der Waals surface area contributed by atoms with Gasteiger partial charge in [-0.3, -0.25) is 9.52 Å². The minimum absolute atomic E-state index is 0.0742. The van der Waals surface area contributed by atoms with Crippen molar-refractivity contribution in [2.75, 3.05) is 4.72 Å². The third-order valence-electron chi connectivity index (χ3n) is 3.99. The molecule has 2 aromatic carbocycles. The van der Waals surface area contributed by atoms with Gasteiger partial charge in [-0.1, -0.05) is 35.3 Å². The predicted octanol–water partition coefficient (Wildman–Crippen LogP) is 5.58. The molecule has 0 amide bonds. The van der Waals surface area contributed by atoms with E-state index in [2.05, 4.69) is 4.98 Å². The molecule has 0 aliphatic carbocycles. The highest BCUT2D eigenvalue weighted by Gasteiger charge is 2.34. The number of sulfonamides is 1. The van der Waals surface area contributed by atoms with E-state index in [-0.39, 0.29) is 10.6 Å². The van der Waals surface area contributed by atoms with E-state index in [1.807, 2.05) is 4.72 Å². The second kappa shape index (κ2) is 8.45. The number of pyridine rings is 1. The Morgan fingerprint density at radius 2 is 1.71 bits per heavy atom. The predicted molar refractivity (Wildman–Crippen MR) is 106 cm³/mol. The van der Waals surface area contributed by atoms with Gasteiger partial charge < -0.3 is 0 Å². The lowest BCUT2D eigenvalue weighted by molar-refractivity contribution is -0.137. The third-order valence-corrected chi connectivity index (χ3v) is 5.89. The molecule has 0 aliphatic rings. The smallest absolute Gasteiger partial charge is 0.287 e. The number of alkyl halides is 3. The van der Waals surface area contributed by atoms with Crippen LogP contribution in [-0.2, 0) is 16.2 Å². The maximum atomic E-state index is 14.0. The Morgan fingerprint density at radius 1 is 1.03 bits per heavy atom. The summed E-state index contributed by atoms with van der Waals surface area (Å²) in [6.07, 6.45) is -3.86. The van der Waals surface area contributed by atoms with E-state index < -0.39 is 54.7 Å². The van der Waals surface area contributed by atoms with E-state index in [1.54, 1.807) is 0 Å². The molecule has 0 spiro atoms. The van der Waals surface area contributed by atoms with Crippen LogP contribution in [0.2, 0.25) is 10.0 Å². The number of hydrogen-bond donors (Lipinski definition) is 1. The molecule has 3 rings (SSSR count). The summed E-state index contributed by atoms with van der Waals surface area (Å²) in [4.78, 5) is 15.7. The Bertz CT molecular complexity index is 1280. The van der Waals surface area contributed by atoms with Gasteiger partial charge in [-0.15, -0.1) is 0 Å². The van der Waals surface area contributed by atoms with Crippen molar-refractivity contribution >= 4 is 44.7 Å². The zero-order valence-electron chi connectivity index (χ0n) is 15.0. The second-order valence-corrected chi connectivity index (χ2v) is 8.63. The number of benzene rings is 2. The molecule has 12 heteroatoms. The minimum atomic E-state index is -4.90. The molecule has 5 nitrogen and oxygen atoms in total. The maximum Gasteiger partial charge on any atom is 0.417 e. The first-order valence-corrected chi connectivity index (χ1v) is 10.5. The SMILES string of the molecule is O=C(c1ccccc1F)c1ncc(Cl)cc1NS(=O)(=O)c1ccc(Cl)c(C(F)(F)F)c1. The second-order valence-electron chi connectivity index (χ2n) is 6.10. The van der Waals surface area contributed by atoms with Gasteiger partial charge in [0.05, 0.1) is 31.8 Å². The number of anilines is 1. The molecule has 3 aromatic rings. The highest BCUT2D eigenvalue weighted by atomic mass is 35.5. The zero-order valence-corrected chi connectivity index (χ0v) is 17.4. The van der Waals surface area contributed by atoms with Crippen LogP contribution in [0.1, 0.15) is 21.6 Å². The van der Waals surface area contributed by atoms with E-state index >= 15 is 0 Å². The van der Waals surface area contributed by atoms with Crippen LogP contribution in [0.25, 0.3) is 0 Å². The van der Waals surface area contributed by atoms with Crippen LogP contribution in [0.15, 0.2) is 59.6 Å². The molecule has 162 valence electrons. The summed E-state index contributed by atoms with van der Waals surface area (Å²) in [6, 6.07) is 7.95. The number of nitrogens with one attached hydrogen (secondary N) is 1. The number of rotatable bonds is 5. The monoisotopic (exact) mass is 492 g/mol. The summed E-state index contributed by atoms with van der Waals surface area (Å²) < 4.78 is 80.6. The van der Waals surface area contributed by atoms with Gasteiger partial charge in [-0.25, -0.2) is 17.8 Å². The fourth-order valence-electron chi connectivity index (χ4n) is 2.56. The van der Waals surface area contributed by atoms with E-state index in [9.17, 15) is 30.8 Å². The summed E-state index contributed by atoms with van der Waals surface area (Å²) in [5, 5.41) is -0.763. The lowest BCUT2D eigenvalue weighted by Gasteiger charge is -2.14. The number of halogens is 6. The molecule has 31 heavy (non-hydrogen) atoms. The van der Waals surface area contributed by atoms with Crippen molar-refractivity contribution in [3.63, 3.8) is 0 Å². The Labute approximate surface area is 183 Å². The van der Waals surface area contributed by atoms with Gasteiger partial charge in [0.2, 0.25) is 5.78 Å². The number of aromatic nitrogens is 1. The van der Waals surface area contributed by atoms with Gasteiger partial charge >= 0.3 is 6.18 Å². The summed E-state index contributed by atoms with van der Waals surface area (Å²) in [7, 11) is -4.63. The normalized spacial score (nSPS) is 11.9. The van der Waals surface area contributed by atoms with Gasteiger partial charge in [0.1, 0.15) is 11.5 Å². The summed E-state index contributed by atoms with van der Waals surface area (Å²) >= 11 is 11.3. The van der Waals surface area contributed by atoms with Crippen LogP contribution in [-0.4, -0.2) is 19.2 Å². The Morgan fingerprint density at radius 3 is 2.35 bits per heavy atom. The maximum absolute atomic E-state index is 14.0. The van der Waals surface area contributed by atoms with Gasteiger partial charge in [-0.2, -0.15) is 13.2 Å². The number of ketones is 1. The first-order chi connectivity index (χ1) is 14.4. The van der Waals surface area contributed by atoms with Crippen LogP contribution in [0.5, 0.6) is 0 Å². The van der Waals surface area contributed by atoms with Gasteiger partial charge in [0.15, 0.2) is 0 Å². The van der Waals surface area contributed by atoms with Crippen LogP contribution < -0.4 is 4.72 Å². The Hall–Kier alpha value is -2.69. The Balaban J connectivity index is 2.06. The molecule has 0 saturated heterocycles. The molecule has 1 heterocycles. The molecule has 0 aliphatic heterocycles. The zero-order chi connectivity index (χ0) is 23.0. The van der Waals surface area contributed by atoms with Gasteiger partial charge in [0, 0.05) is 6.20 Å². The molecule has 0 atom stereocenters. The molecule has 0 fully saturated rings. The van der Waals surface area contributed by atoms with E-state index in [0.29, 0.717) is 6.07 Å². The van der Waals surface area contributed by atoms with Crippen molar-refractivity contribution < 1.29 is 30.8 Å². The first-order valence-electron chi connectivity index (χ1n) is 8.24. The highest BCUT2D eigenvalue weighted by molar-refractivity contribution is 7.92. The third kappa shape index (κ3) is 4.97. The quantitative estimate of drug-likeness (QED) is 0.372. The fourth-order valence-corrected chi connectivity index (χ4v) is 4.03. The van der Waals surface area contributed by atoms with Crippen molar-refractivity contribution in [2.45, 2.75) is 11.1 Å². The topological polar surface area (TPSA) is 76.1 Å². The number of nitrogens with zero attached hydrogens (tertiary/aromatic N) is 1. The average molecular weight is 493 g/mol. The summed E-state index contributed by atoms with van der Waals surface area (Å²) in [6.45, 7) is 0. The lowest BCUT2D eigenvalue weighted by atomic mass is 10.1. The van der Waals surface area contributed by atoms with E-state index in [1.165, 1.54) is 18.2 Å². The standard InChI is InChI=1S/C19H10Cl2F4N2O3S/c20-10-7-16(17(26-9-10)18(28)12-3-1-2-4-15(12)22)27-31(29,30)11-5-6-14(21)13(8-11)19(23,24)25/h1-9,27H. The van der Waals surface area contributed by atoms with E-state index in [4.69, 9.17) is 23.2 Å². The van der Waals surface area contributed by atoms with Gasteiger partial charge in [-0.05, 0) is 36.4 Å². The Kier molecular flexibility index (Phi) is 6.26. The van der Waals surface area contributed by atoms with Gasteiger partial charge in [0.25, 0.3) is 10.0 Å². The van der Waals surface area contributed by atoms with Crippen molar-refractivity contribution in [2.24, 2.45) is 0 Å². The molecular formula is C19H10Cl2F4N2O3S. The average Bonchev–Trinajstić information content (AvgIpc) is 2.67. The molecule has 0 unspecified atom stereocenters. The van der Waals surface area contributed by atoms with Crippen LogP contribution in [0.4, 0.5) is 23.2 Å². The highest BCUT2D eigenvalue weighted by Crippen LogP contribution is 2.36. The molecule has 0 saturated carbocycles. The molecule has 1 aromatic heterocycles. The molecule has 0 radical (unpaired) electrons. The molecule has 1 N–H and O–H groups in total. The van der Waals surface area contributed by atoms with Crippen molar-refractivity contribution in [3.05, 3.63) is 87.4 Å². The number of carbonyl (C=O) groups excluding carboxylic acids is 1. The largest absolute Gasteiger partial charge is 0.417 e. The number of carbonyl (C=O) groups is 1. The number of hydrogen-bond acceptors (Lipinski definition) is 4. The molecule has 0 bridgehead atoms. The molecular weight excluding hydrogens is 483 g/mol. The summed E-state index contributed by atoms with van der Waals surface area (Å²) in [5.41, 5.74) is -2.68. The van der Waals surface area contributed by atoms with Crippen molar-refractivity contribution in [1.29, 1.82) is 0 Å². The van der Waals surface area contributed by atoms with Crippen molar-refractivity contribution in [1.82, 2.24) is 4.98 Å². The van der Waals surface area contributed by atoms with E-state index in [0.717, 1.165) is 30.5 Å². The van der Waals surface area contributed by atoms with Crippen LogP contribution in [0, 0.1) is 5.82 Å². The first kappa shape index (κ1) is 23.0. The summed E-state index contributed by atoms with van der Waals surface area (Å²) in [5.74, 6) is -1.83. The van der Waals surface area contributed by atoms with Crippen LogP contribution >= 0.6 is 23.2 Å². The van der Waals surface area contributed by atoms with Crippen molar-refractivity contribution in [3.8, 4) is 0 Å². The van der Waals surface area contributed by atoms with Crippen LogP contribution in [0.3, 0.4) is 0 Å². The lowest BCUT2D eigenvalue weighted by Crippen LogP contribution is -2.18. The minimum Gasteiger partial charge on any atom is -0.287 e.